The Balaban J connectivity index is 0.00000100. The number of halogens is 3. The van der Waals surface area contributed by atoms with Crippen molar-refractivity contribution in [3.8, 4) is 16.9 Å². The maximum atomic E-state index is 12.9. The van der Waals surface area contributed by atoms with Crippen molar-refractivity contribution < 1.29 is 84.0 Å². The van der Waals surface area contributed by atoms with Crippen molar-refractivity contribution in [3.05, 3.63) is 66.9 Å². The van der Waals surface area contributed by atoms with Gasteiger partial charge in [-0.15, -0.1) is 6.07 Å². The Bertz CT molecular complexity index is 759. The fourth-order valence-electron chi connectivity index (χ4n) is 1.99. The average molecular weight is 404 g/mol. The Labute approximate surface area is 198 Å². The Kier molecular flexibility index (Phi) is 12.0. The third-order valence-electron chi connectivity index (χ3n) is 3.17. The number of phenolic OH excluding ortho intramolecular Hbond substituents is 1. The first-order valence-corrected chi connectivity index (χ1v) is 7.32. The number of aldehydes is 1. The normalized spacial score (nSPS) is 10.3. The second-order valence-electron chi connectivity index (χ2n) is 4.87. The first-order chi connectivity index (χ1) is 12.3. The predicted octanol–water partition coefficient (Wildman–Crippen LogP) is 1.02. The van der Waals surface area contributed by atoms with Crippen molar-refractivity contribution in [2.45, 2.75) is 6.18 Å². The van der Waals surface area contributed by atoms with Gasteiger partial charge in [-0.3, -0.25) is 4.79 Å². The molecule has 0 aliphatic rings. The minimum atomic E-state index is -4.80. The maximum absolute atomic E-state index is 12.9. The molecule has 0 radical (unpaired) electrons. The predicted molar refractivity (Wildman–Crippen MR) is 90.3 cm³/mol. The van der Waals surface area contributed by atoms with Gasteiger partial charge < -0.3 is 28.5 Å². The van der Waals surface area contributed by atoms with E-state index in [-0.39, 0.29) is 68.8 Å². The van der Waals surface area contributed by atoms with Gasteiger partial charge in [-0.25, -0.2) is 0 Å². The zero-order valence-corrected chi connectivity index (χ0v) is 17.8. The van der Waals surface area contributed by atoms with Crippen LogP contribution < -0.4 is 51.4 Å². The molecule has 0 atom stereocenters. The second-order valence-corrected chi connectivity index (χ2v) is 4.87. The number of hydrogen-bond acceptors (Lipinski definition) is 4. The number of ether oxygens (including phenoxy) is 1. The van der Waals surface area contributed by atoms with Crippen LogP contribution in [-0.4, -0.2) is 30.9 Å². The van der Waals surface area contributed by atoms with Gasteiger partial charge in [0.15, 0.2) is 6.29 Å². The summed E-state index contributed by atoms with van der Waals surface area (Å²) >= 11 is 0. The van der Waals surface area contributed by atoms with Crippen molar-refractivity contribution in [2.75, 3.05) is 13.2 Å². The van der Waals surface area contributed by atoms with Crippen LogP contribution >= 0.6 is 0 Å². The molecule has 8 heteroatoms. The van der Waals surface area contributed by atoms with E-state index in [2.05, 4.69) is 18.6 Å². The monoisotopic (exact) mass is 404 g/mol. The van der Waals surface area contributed by atoms with E-state index in [0.29, 0.717) is 18.8 Å². The molecule has 0 spiro atoms. The van der Waals surface area contributed by atoms with E-state index in [0.717, 1.165) is 12.1 Å². The zero-order valence-electron chi connectivity index (χ0n) is 14.7. The summed E-state index contributed by atoms with van der Waals surface area (Å²) in [6.07, 6.45) is -3.03. The van der Waals surface area contributed by atoms with Gasteiger partial charge in [0, 0.05) is 0 Å². The molecular formula is C19H16F3KO4-2. The number of phenols is 1. The molecule has 0 saturated heterocycles. The second kappa shape index (κ2) is 12.4. The number of hydrogen-bond donors (Lipinski definition) is 1. The van der Waals surface area contributed by atoms with E-state index in [9.17, 15) is 27.9 Å². The van der Waals surface area contributed by atoms with Crippen molar-refractivity contribution in [2.24, 2.45) is 0 Å². The summed E-state index contributed by atoms with van der Waals surface area (Å²) < 4.78 is 43.2. The molecule has 0 aromatic heterocycles. The molecule has 140 valence electrons. The number of alkyl halides is 3. The summed E-state index contributed by atoms with van der Waals surface area (Å²) in [6, 6.07) is 7.61. The molecule has 4 nitrogen and oxygen atoms in total. The topological polar surface area (TPSA) is 63.6 Å². The molecule has 1 N–H and O–H groups in total. The number of benzene rings is 2. The first-order valence-electron chi connectivity index (χ1n) is 7.32. The van der Waals surface area contributed by atoms with E-state index in [4.69, 9.17) is 0 Å². The van der Waals surface area contributed by atoms with Crippen LogP contribution in [0.3, 0.4) is 0 Å². The van der Waals surface area contributed by atoms with E-state index in [1.807, 2.05) is 0 Å². The van der Waals surface area contributed by atoms with Gasteiger partial charge in [0.2, 0.25) is 0 Å². The van der Waals surface area contributed by atoms with E-state index < -0.39 is 23.1 Å². The van der Waals surface area contributed by atoms with Crippen LogP contribution in [-0.2, 0) is 15.7 Å². The minimum Gasteiger partial charge on any atom is -0.507 e. The molecule has 0 heterocycles. The molecule has 0 aliphatic heterocycles. The SMILES string of the molecule is O=[C-]c1cccc(-c2cc(C=O)c(O)c(C(F)(F)F)c2)c1.[CH2-]COC[CH2-].[K+]. The van der Waals surface area contributed by atoms with Crippen LogP contribution in [0.4, 0.5) is 13.2 Å². The van der Waals surface area contributed by atoms with E-state index >= 15 is 0 Å². The van der Waals surface area contributed by atoms with Gasteiger partial charge in [-0.05, 0) is 17.7 Å². The summed E-state index contributed by atoms with van der Waals surface area (Å²) in [4.78, 5) is 21.4. The average Bonchev–Trinajstić information content (AvgIpc) is 2.62. The Morgan fingerprint density at radius 2 is 1.74 bits per heavy atom. The minimum absolute atomic E-state index is 0. The van der Waals surface area contributed by atoms with Gasteiger partial charge in [0.05, 0.1) is 17.4 Å². The maximum Gasteiger partial charge on any atom is 1.00 e. The largest absolute Gasteiger partial charge is 1.00 e. The first kappa shape index (κ1) is 26.0. The van der Waals surface area contributed by atoms with Crippen molar-refractivity contribution in [1.82, 2.24) is 0 Å². The molecule has 0 amide bonds. The molecule has 0 fully saturated rings. The molecule has 0 unspecified atom stereocenters. The van der Waals surface area contributed by atoms with Gasteiger partial charge in [-0.1, -0.05) is 24.8 Å². The Morgan fingerprint density at radius 3 is 2.19 bits per heavy atom. The molecule has 0 saturated carbocycles. The number of rotatable bonds is 5. The quantitative estimate of drug-likeness (QED) is 0.459. The van der Waals surface area contributed by atoms with E-state index in [1.165, 1.54) is 24.3 Å². The van der Waals surface area contributed by atoms with Crippen LogP contribution in [0.25, 0.3) is 11.1 Å². The molecular weight excluding hydrogens is 388 g/mol. The van der Waals surface area contributed by atoms with Crippen LogP contribution in [0.5, 0.6) is 5.75 Å². The summed E-state index contributed by atoms with van der Waals surface area (Å²) in [5.41, 5.74) is -1.23. The fourth-order valence-corrected chi connectivity index (χ4v) is 1.99. The third kappa shape index (κ3) is 7.85. The Hall–Kier alpha value is -1.03. The number of aromatic hydroxyl groups is 1. The van der Waals surface area contributed by atoms with Gasteiger partial charge in [0.25, 0.3) is 0 Å². The Morgan fingerprint density at radius 1 is 1.11 bits per heavy atom. The van der Waals surface area contributed by atoms with Gasteiger partial charge in [-0.2, -0.15) is 30.9 Å². The molecule has 27 heavy (non-hydrogen) atoms. The van der Waals surface area contributed by atoms with Crippen LogP contribution in [0.1, 0.15) is 21.5 Å². The summed E-state index contributed by atoms with van der Waals surface area (Å²) in [5.74, 6) is -1.11. The third-order valence-corrected chi connectivity index (χ3v) is 3.17. The number of carbonyl (C=O) groups excluding carboxylic acids is 2. The van der Waals surface area contributed by atoms with Crippen molar-refractivity contribution in [1.29, 1.82) is 0 Å². The smallest absolute Gasteiger partial charge is 0.507 e. The molecule has 0 bridgehead atoms. The molecule has 0 aliphatic carbocycles. The fraction of sp³-hybridized carbons (Fsp3) is 0.158. The van der Waals surface area contributed by atoms with Crippen molar-refractivity contribution in [3.63, 3.8) is 0 Å². The molecule has 2 aromatic rings. The van der Waals surface area contributed by atoms with Gasteiger partial charge in [0.1, 0.15) is 5.75 Å². The summed E-state index contributed by atoms with van der Waals surface area (Å²) in [6.45, 7) is 7.89. The van der Waals surface area contributed by atoms with Crippen LogP contribution in [0, 0.1) is 13.8 Å². The van der Waals surface area contributed by atoms with Gasteiger partial charge >= 0.3 is 57.6 Å². The molecule has 2 rings (SSSR count). The van der Waals surface area contributed by atoms with E-state index in [1.54, 1.807) is 6.29 Å². The number of carbonyl (C=O) groups is 1. The zero-order chi connectivity index (χ0) is 19.7. The standard InChI is InChI=1S/C15H8F3O3.C4H8O.K/c16-15(17,18)13-6-11(5-12(8-20)14(13)21)10-3-1-2-9(4-10)7-19;1-3-5-4-2;/h1-6,8,21H;1-4H2;/q-1;-2;+1. The van der Waals surface area contributed by atoms with Crippen LogP contribution in [0.15, 0.2) is 36.4 Å². The summed E-state index contributed by atoms with van der Waals surface area (Å²) in [5, 5.41) is 9.48. The summed E-state index contributed by atoms with van der Waals surface area (Å²) in [7, 11) is 0. The van der Waals surface area contributed by atoms with Crippen LogP contribution in [0.2, 0.25) is 0 Å². The molecule has 2 aromatic carbocycles. The van der Waals surface area contributed by atoms with Crippen molar-refractivity contribution >= 4 is 12.6 Å².